The number of carbonyl (C=O) groups excluding carboxylic acids is 3. The lowest BCUT2D eigenvalue weighted by atomic mass is 10.0. The van der Waals surface area contributed by atoms with Crippen molar-refractivity contribution in [2.45, 2.75) is 322 Å². The summed E-state index contributed by atoms with van der Waals surface area (Å²) in [4.78, 5) is 38.4. The smallest absolute Gasteiger partial charge is 0.306 e. The third kappa shape index (κ3) is 64.8. The molecule has 1 atom stereocenters. The molecule has 6 heteroatoms. The van der Waals surface area contributed by atoms with Crippen LogP contribution in [0.25, 0.3) is 0 Å². The molecule has 6 nitrogen and oxygen atoms in total. The number of ether oxygens (including phenoxy) is 3. The van der Waals surface area contributed by atoms with Gasteiger partial charge in [-0.1, -0.05) is 297 Å². The standard InChI is InChI=1S/C73H124O6/c1-4-7-10-13-16-19-22-25-28-30-32-34-35-36-37-39-40-42-45-48-51-54-57-60-63-66-72(75)78-69-70(68-77-71(74)65-62-59-56-53-50-47-44-27-24-21-18-15-12-9-6-3)79-73(76)67-64-61-58-55-52-49-46-43-41-38-33-31-29-26-23-20-17-14-11-8-5-2/h7,10,16,18-19,21,25,27-28,32,34,36-37,40,42,44,48,51,70H,4-6,8-9,11-15,17,20,22-24,26,29-31,33,35,38-39,41,43,45-47,49-50,52-69H2,1-3H3/b10-7-,19-16-,21-18-,28-25-,34-32-,37-36-,42-40-,44-27-,51-48-. The Hall–Kier alpha value is -3.93. The number of carbonyl (C=O) groups is 3. The third-order valence-corrected chi connectivity index (χ3v) is 14.3. The van der Waals surface area contributed by atoms with Crippen LogP contribution in [0.2, 0.25) is 0 Å². The number of rotatable bonds is 60. The van der Waals surface area contributed by atoms with E-state index < -0.39 is 6.10 Å². The molecule has 0 aromatic rings. The van der Waals surface area contributed by atoms with E-state index in [1.54, 1.807) is 0 Å². The molecule has 0 amide bonds. The Balaban J connectivity index is 4.43. The molecule has 1 unspecified atom stereocenters. The first kappa shape index (κ1) is 75.1. The summed E-state index contributed by atoms with van der Waals surface area (Å²) in [6.45, 7) is 6.49. The fraction of sp³-hybridized carbons (Fsp3) is 0.712. The average molecular weight is 1100 g/mol. The van der Waals surface area contributed by atoms with E-state index in [1.807, 2.05) is 0 Å². The van der Waals surface area contributed by atoms with E-state index in [9.17, 15) is 14.4 Å². The van der Waals surface area contributed by atoms with Crippen molar-refractivity contribution < 1.29 is 28.6 Å². The van der Waals surface area contributed by atoms with Gasteiger partial charge in [0.25, 0.3) is 0 Å². The first-order chi connectivity index (χ1) is 39.0. The quantitative estimate of drug-likeness (QED) is 0.0261. The molecule has 0 N–H and O–H groups in total. The molecule has 0 fully saturated rings. The fourth-order valence-electron chi connectivity index (χ4n) is 9.28. The Kier molecular flexibility index (Phi) is 63.3. The molecule has 0 aliphatic carbocycles. The van der Waals surface area contributed by atoms with Gasteiger partial charge in [0.2, 0.25) is 0 Å². The van der Waals surface area contributed by atoms with Crippen LogP contribution in [0.4, 0.5) is 0 Å². The Bertz CT molecular complexity index is 1590. The van der Waals surface area contributed by atoms with E-state index in [1.165, 1.54) is 141 Å². The molecule has 0 saturated heterocycles. The molecule has 79 heavy (non-hydrogen) atoms. The van der Waals surface area contributed by atoms with E-state index in [4.69, 9.17) is 14.2 Å². The molecular formula is C73H124O6. The summed E-state index contributed by atoms with van der Waals surface area (Å²) in [5.41, 5.74) is 0. The van der Waals surface area contributed by atoms with Crippen molar-refractivity contribution in [3.05, 3.63) is 109 Å². The Labute approximate surface area is 489 Å². The number of hydrogen-bond acceptors (Lipinski definition) is 6. The number of unbranched alkanes of at least 4 members (excludes halogenated alkanes) is 31. The van der Waals surface area contributed by atoms with Gasteiger partial charge in [0.05, 0.1) is 0 Å². The highest BCUT2D eigenvalue weighted by Crippen LogP contribution is 2.17. The molecule has 0 saturated carbocycles. The average Bonchev–Trinajstić information content (AvgIpc) is 3.45. The van der Waals surface area contributed by atoms with Crippen molar-refractivity contribution >= 4 is 17.9 Å². The predicted octanol–water partition coefficient (Wildman–Crippen LogP) is 23.0. The van der Waals surface area contributed by atoms with Crippen LogP contribution in [0.5, 0.6) is 0 Å². The van der Waals surface area contributed by atoms with Gasteiger partial charge in [0, 0.05) is 19.3 Å². The molecule has 0 aromatic carbocycles. The van der Waals surface area contributed by atoms with Crippen LogP contribution in [-0.4, -0.2) is 37.2 Å². The van der Waals surface area contributed by atoms with Gasteiger partial charge in [-0.15, -0.1) is 0 Å². The summed E-state index contributed by atoms with van der Waals surface area (Å²) >= 11 is 0. The first-order valence-electron chi connectivity index (χ1n) is 33.4. The minimum absolute atomic E-state index is 0.0949. The summed E-state index contributed by atoms with van der Waals surface area (Å²) in [5, 5.41) is 0. The van der Waals surface area contributed by atoms with Gasteiger partial charge in [-0.2, -0.15) is 0 Å². The maximum atomic E-state index is 12.9. The monoisotopic (exact) mass is 1100 g/mol. The largest absolute Gasteiger partial charge is 0.462 e. The number of allylic oxidation sites excluding steroid dienone is 18. The maximum Gasteiger partial charge on any atom is 0.306 e. The highest BCUT2D eigenvalue weighted by atomic mass is 16.6. The van der Waals surface area contributed by atoms with Gasteiger partial charge < -0.3 is 14.2 Å². The molecular weight excluding hydrogens is 973 g/mol. The lowest BCUT2D eigenvalue weighted by Crippen LogP contribution is -2.30. The molecule has 0 heterocycles. The lowest BCUT2D eigenvalue weighted by Gasteiger charge is -2.18. The highest BCUT2D eigenvalue weighted by Gasteiger charge is 2.19. The second-order valence-electron chi connectivity index (χ2n) is 22.0. The van der Waals surface area contributed by atoms with Crippen molar-refractivity contribution in [1.29, 1.82) is 0 Å². The minimum atomic E-state index is -0.800. The summed E-state index contributed by atoms with van der Waals surface area (Å²) in [6, 6.07) is 0. The summed E-state index contributed by atoms with van der Waals surface area (Å²) in [5.74, 6) is -0.929. The van der Waals surface area contributed by atoms with Crippen molar-refractivity contribution in [3.63, 3.8) is 0 Å². The molecule has 0 aromatic heterocycles. The SMILES string of the molecule is CC/C=C\C/C=C\C/C=C\C/C=C\C/C=C\C/C=C\C/C=C\CCCCCC(=O)OCC(COC(=O)CCCCCCC/C=C\C/C=C\CCCCC)OC(=O)CCCCCCCCCCCCCCCCCCCCCCC. The van der Waals surface area contributed by atoms with Gasteiger partial charge in [0.15, 0.2) is 6.10 Å². The second kappa shape index (κ2) is 66.6. The zero-order valence-corrected chi connectivity index (χ0v) is 51.9. The highest BCUT2D eigenvalue weighted by molar-refractivity contribution is 5.71. The number of esters is 3. The van der Waals surface area contributed by atoms with Crippen LogP contribution >= 0.6 is 0 Å². The van der Waals surface area contributed by atoms with E-state index in [0.29, 0.717) is 19.3 Å². The molecule has 0 radical (unpaired) electrons. The van der Waals surface area contributed by atoms with Crippen molar-refractivity contribution in [2.75, 3.05) is 13.2 Å². The zero-order valence-electron chi connectivity index (χ0n) is 51.9. The van der Waals surface area contributed by atoms with Crippen molar-refractivity contribution in [2.24, 2.45) is 0 Å². The topological polar surface area (TPSA) is 78.9 Å². The molecule has 0 rings (SSSR count). The summed E-state index contributed by atoms with van der Waals surface area (Å²) in [6.07, 6.45) is 91.0. The van der Waals surface area contributed by atoms with Crippen LogP contribution in [0, 0.1) is 0 Å². The van der Waals surface area contributed by atoms with E-state index in [-0.39, 0.29) is 31.1 Å². The van der Waals surface area contributed by atoms with Crippen LogP contribution < -0.4 is 0 Å². The van der Waals surface area contributed by atoms with Crippen LogP contribution in [-0.2, 0) is 28.6 Å². The first-order valence-corrected chi connectivity index (χ1v) is 33.4. The molecule has 0 bridgehead atoms. The minimum Gasteiger partial charge on any atom is -0.462 e. The van der Waals surface area contributed by atoms with E-state index >= 15 is 0 Å². The Morgan fingerprint density at radius 1 is 0.266 bits per heavy atom. The van der Waals surface area contributed by atoms with Crippen LogP contribution in [0.15, 0.2) is 109 Å². The zero-order chi connectivity index (χ0) is 57.1. The molecule has 0 aliphatic rings. The van der Waals surface area contributed by atoms with Crippen LogP contribution in [0.3, 0.4) is 0 Å². The van der Waals surface area contributed by atoms with Crippen LogP contribution in [0.1, 0.15) is 316 Å². The summed E-state index contributed by atoms with van der Waals surface area (Å²) < 4.78 is 16.9. The molecule has 0 aliphatic heterocycles. The third-order valence-electron chi connectivity index (χ3n) is 14.3. The molecule has 452 valence electrons. The summed E-state index contributed by atoms with van der Waals surface area (Å²) in [7, 11) is 0. The van der Waals surface area contributed by atoms with E-state index in [0.717, 1.165) is 135 Å². The van der Waals surface area contributed by atoms with Crippen molar-refractivity contribution in [3.8, 4) is 0 Å². The Morgan fingerprint density at radius 2 is 0.494 bits per heavy atom. The fourth-order valence-corrected chi connectivity index (χ4v) is 9.28. The number of hydrogen-bond donors (Lipinski definition) is 0. The lowest BCUT2D eigenvalue weighted by molar-refractivity contribution is -0.167. The van der Waals surface area contributed by atoms with Gasteiger partial charge in [0.1, 0.15) is 13.2 Å². The maximum absolute atomic E-state index is 12.9. The van der Waals surface area contributed by atoms with Gasteiger partial charge in [-0.3, -0.25) is 14.4 Å². The normalized spacial score (nSPS) is 12.8. The molecule has 0 spiro atoms. The predicted molar refractivity (Wildman–Crippen MR) is 343 cm³/mol. The second-order valence-corrected chi connectivity index (χ2v) is 22.0. The van der Waals surface area contributed by atoms with Gasteiger partial charge in [-0.25, -0.2) is 0 Å². The van der Waals surface area contributed by atoms with E-state index in [2.05, 4.69) is 130 Å². The van der Waals surface area contributed by atoms with Crippen molar-refractivity contribution in [1.82, 2.24) is 0 Å². The van der Waals surface area contributed by atoms with Gasteiger partial charge >= 0.3 is 17.9 Å². The van der Waals surface area contributed by atoms with Gasteiger partial charge in [-0.05, 0) is 109 Å². The Morgan fingerprint density at radius 3 is 0.810 bits per heavy atom.